The van der Waals surface area contributed by atoms with Gasteiger partial charge in [0.25, 0.3) is 5.69 Å². The third-order valence-electron chi connectivity index (χ3n) is 5.77. The molecule has 0 amide bonds. The molecule has 2 aromatic rings. The molecule has 0 spiro atoms. The molecule has 0 saturated heterocycles. The number of anilines is 1. The average Bonchev–Trinajstić information content (AvgIpc) is 3.17. The third kappa shape index (κ3) is 3.49. The molecule has 28 heavy (non-hydrogen) atoms. The Morgan fingerprint density at radius 3 is 2.82 bits per heavy atom. The van der Waals surface area contributed by atoms with Crippen molar-refractivity contribution in [2.24, 2.45) is 11.8 Å². The lowest BCUT2D eigenvalue weighted by atomic mass is 9.76. The van der Waals surface area contributed by atoms with E-state index in [0.717, 1.165) is 29.8 Å². The first-order valence-electron chi connectivity index (χ1n) is 9.98. The van der Waals surface area contributed by atoms with Crippen molar-refractivity contribution in [1.29, 1.82) is 0 Å². The van der Waals surface area contributed by atoms with Crippen LogP contribution in [0.25, 0.3) is 0 Å². The zero-order valence-electron chi connectivity index (χ0n) is 16.3. The predicted octanol–water partition coefficient (Wildman–Crippen LogP) is 5.85. The van der Waals surface area contributed by atoms with Gasteiger partial charge in [-0.25, -0.2) is 0 Å². The number of hydrogen-bond acceptors (Lipinski definition) is 4. The summed E-state index contributed by atoms with van der Waals surface area (Å²) in [5.41, 5.74) is 3.19. The highest BCUT2D eigenvalue weighted by molar-refractivity contribution is 5.63. The quantitative estimate of drug-likeness (QED) is 0.389. The summed E-state index contributed by atoms with van der Waals surface area (Å²) in [6.45, 7) is 5.10. The Kier molecular flexibility index (Phi) is 5.07. The lowest BCUT2D eigenvalue weighted by Gasteiger charge is -2.37. The summed E-state index contributed by atoms with van der Waals surface area (Å²) in [5.74, 6) is 2.02. The maximum absolute atomic E-state index is 11.5. The normalized spacial score (nSPS) is 22.5. The van der Waals surface area contributed by atoms with E-state index in [1.807, 2.05) is 24.3 Å². The molecule has 2 aliphatic rings. The molecule has 1 aliphatic heterocycles. The standard InChI is InChI=1S/C23H26N2O3/c1-15(2)12-13-28-16-10-11-21-20(14-16)17-7-5-8-18(17)23(24-21)19-6-3-4-9-22(19)25(26)27/h3-7,9-11,14-15,17-18,23-24H,8,12-13H2,1-2H3. The van der Waals surface area contributed by atoms with Crippen LogP contribution in [0.1, 0.15) is 49.8 Å². The number of ether oxygens (including phenoxy) is 1. The van der Waals surface area contributed by atoms with Gasteiger partial charge in [0.1, 0.15) is 5.75 Å². The summed E-state index contributed by atoms with van der Waals surface area (Å²) in [5, 5.41) is 15.1. The van der Waals surface area contributed by atoms with Gasteiger partial charge in [-0.05, 0) is 48.4 Å². The van der Waals surface area contributed by atoms with E-state index in [4.69, 9.17) is 4.74 Å². The second-order valence-corrected chi connectivity index (χ2v) is 8.07. The van der Waals surface area contributed by atoms with Crippen LogP contribution in [0.4, 0.5) is 11.4 Å². The fraction of sp³-hybridized carbons (Fsp3) is 0.391. The first kappa shape index (κ1) is 18.5. The number of nitrogens with zero attached hydrogens (tertiary/aromatic N) is 1. The minimum Gasteiger partial charge on any atom is -0.494 e. The van der Waals surface area contributed by atoms with Crippen LogP contribution in [-0.4, -0.2) is 11.5 Å². The van der Waals surface area contributed by atoms with Gasteiger partial charge >= 0.3 is 0 Å². The molecule has 1 heterocycles. The molecule has 1 aliphatic carbocycles. The summed E-state index contributed by atoms with van der Waals surface area (Å²) in [4.78, 5) is 11.3. The molecule has 5 heteroatoms. The van der Waals surface area contributed by atoms with Crippen molar-refractivity contribution in [3.05, 3.63) is 75.9 Å². The molecule has 146 valence electrons. The number of para-hydroxylation sites is 1. The molecule has 3 atom stereocenters. The Hall–Kier alpha value is -2.82. The van der Waals surface area contributed by atoms with Crippen LogP contribution < -0.4 is 10.1 Å². The number of nitrogens with one attached hydrogen (secondary N) is 1. The summed E-state index contributed by atoms with van der Waals surface area (Å²) in [6, 6.07) is 13.2. The van der Waals surface area contributed by atoms with Gasteiger partial charge in [-0.1, -0.05) is 44.2 Å². The maximum Gasteiger partial charge on any atom is 0.274 e. The van der Waals surface area contributed by atoms with Crippen molar-refractivity contribution in [1.82, 2.24) is 0 Å². The Balaban J connectivity index is 1.64. The van der Waals surface area contributed by atoms with E-state index in [9.17, 15) is 10.1 Å². The number of rotatable bonds is 6. The fourth-order valence-electron chi connectivity index (χ4n) is 4.30. The zero-order valence-corrected chi connectivity index (χ0v) is 16.3. The molecule has 5 nitrogen and oxygen atoms in total. The monoisotopic (exact) mass is 378 g/mol. The second kappa shape index (κ2) is 7.66. The van der Waals surface area contributed by atoms with Crippen LogP contribution >= 0.6 is 0 Å². The molecule has 1 N–H and O–H groups in total. The van der Waals surface area contributed by atoms with Gasteiger partial charge < -0.3 is 10.1 Å². The zero-order chi connectivity index (χ0) is 19.7. The van der Waals surface area contributed by atoms with Crippen molar-refractivity contribution in [2.75, 3.05) is 11.9 Å². The molecule has 4 rings (SSSR count). The largest absolute Gasteiger partial charge is 0.494 e. The van der Waals surface area contributed by atoms with Crippen LogP contribution in [0.3, 0.4) is 0 Å². The summed E-state index contributed by atoms with van der Waals surface area (Å²) in [6.07, 6.45) is 6.37. The highest BCUT2D eigenvalue weighted by Gasteiger charge is 2.40. The fourth-order valence-corrected chi connectivity index (χ4v) is 4.30. The lowest BCUT2D eigenvalue weighted by Crippen LogP contribution is -2.29. The number of hydrogen-bond donors (Lipinski definition) is 1. The number of benzene rings is 2. The van der Waals surface area contributed by atoms with Gasteiger partial charge in [0, 0.05) is 17.7 Å². The van der Waals surface area contributed by atoms with Gasteiger partial charge in [0.2, 0.25) is 0 Å². The van der Waals surface area contributed by atoms with Gasteiger partial charge in [-0.3, -0.25) is 10.1 Å². The van der Waals surface area contributed by atoms with E-state index in [1.165, 1.54) is 5.56 Å². The third-order valence-corrected chi connectivity index (χ3v) is 5.77. The number of nitro groups is 1. The minimum absolute atomic E-state index is 0.0817. The maximum atomic E-state index is 11.5. The molecular formula is C23H26N2O3. The highest BCUT2D eigenvalue weighted by Crippen LogP contribution is 2.51. The van der Waals surface area contributed by atoms with E-state index >= 15 is 0 Å². The first-order valence-corrected chi connectivity index (χ1v) is 9.98. The van der Waals surface area contributed by atoms with E-state index in [-0.39, 0.29) is 28.5 Å². The van der Waals surface area contributed by atoms with Crippen molar-refractivity contribution < 1.29 is 9.66 Å². The first-order chi connectivity index (χ1) is 13.5. The van der Waals surface area contributed by atoms with Crippen molar-refractivity contribution in [2.45, 2.75) is 38.6 Å². The molecule has 0 bridgehead atoms. The van der Waals surface area contributed by atoms with E-state index < -0.39 is 0 Å². The van der Waals surface area contributed by atoms with Crippen LogP contribution in [0.5, 0.6) is 5.75 Å². The molecular weight excluding hydrogens is 352 g/mol. The van der Waals surface area contributed by atoms with Crippen LogP contribution in [0.15, 0.2) is 54.6 Å². The smallest absolute Gasteiger partial charge is 0.274 e. The van der Waals surface area contributed by atoms with Gasteiger partial charge in [-0.15, -0.1) is 0 Å². The molecule has 0 saturated carbocycles. The van der Waals surface area contributed by atoms with E-state index in [2.05, 4.69) is 37.4 Å². The van der Waals surface area contributed by atoms with Crippen molar-refractivity contribution >= 4 is 11.4 Å². The highest BCUT2D eigenvalue weighted by atomic mass is 16.6. The Labute approximate surface area is 165 Å². The van der Waals surface area contributed by atoms with Gasteiger partial charge in [0.05, 0.1) is 23.1 Å². The second-order valence-electron chi connectivity index (χ2n) is 8.07. The predicted molar refractivity (Wildman–Crippen MR) is 111 cm³/mol. The molecule has 3 unspecified atom stereocenters. The average molecular weight is 378 g/mol. The Morgan fingerprint density at radius 1 is 1.21 bits per heavy atom. The topological polar surface area (TPSA) is 64.4 Å². The SMILES string of the molecule is CC(C)CCOc1ccc2c(c1)C1C=CCC1C(c1ccccc1[N+](=O)[O-])N2. The molecule has 0 aromatic heterocycles. The van der Waals surface area contributed by atoms with E-state index in [1.54, 1.807) is 12.1 Å². The Morgan fingerprint density at radius 2 is 2.04 bits per heavy atom. The van der Waals surface area contributed by atoms with E-state index in [0.29, 0.717) is 12.5 Å². The minimum atomic E-state index is -0.282. The van der Waals surface area contributed by atoms with Crippen LogP contribution in [0.2, 0.25) is 0 Å². The summed E-state index contributed by atoms with van der Waals surface area (Å²) < 4.78 is 5.95. The van der Waals surface area contributed by atoms with Crippen LogP contribution in [-0.2, 0) is 0 Å². The van der Waals surface area contributed by atoms with Gasteiger partial charge in [0.15, 0.2) is 0 Å². The number of nitro benzene ring substituents is 1. The van der Waals surface area contributed by atoms with Crippen LogP contribution in [0, 0.1) is 22.0 Å². The molecule has 2 aromatic carbocycles. The number of fused-ring (bicyclic) bond motifs is 3. The van der Waals surface area contributed by atoms with Crippen molar-refractivity contribution in [3.8, 4) is 5.75 Å². The molecule has 0 fully saturated rings. The molecule has 0 radical (unpaired) electrons. The Bertz CT molecular complexity index is 906. The number of allylic oxidation sites excluding steroid dienone is 2. The lowest BCUT2D eigenvalue weighted by molar-refractivity contribution is -0.385. The summed E-state index contributed by atoms with van der Waals surface area (Å²) in [7, 11) is 0. The summed E-state index contributed by atoms with van der Waals surface area (Å²) >= 11 is 0. The van der Waals surface area contributed by atoms with Gasteiger partial charge in [-0.2, -0.15) is 0 Å². The van der Waals surface area contributed by atoms with Crippen molar-refractivity contribution in [3.63, 3.8) is 0 Å².